The van der Waals surface area contributed by atoms with E-state index in [2.05, 4.69) is 85.6 Å². The lowest BCUT2D eigenvalue weighted by molar-refractivity contribution is 0.585. The lowest BCUT2D eigenvalue weighted by atomic mass is 9.96. The predicted octanol–water partition coefficient (Wildman–Crippen LogP) is 6.85. The van der Waals surface area contributed by atoms with E-state index >= 15 is 0 Å². The summed E-state index contributed by atoms with van der Waals surface area (Å²) in [5, 5.41) is 13.7. The van der Waals surface area contributed by atoms with Gasteiger partial charge in [0.25, 0.3) is 0 Å². The second-order valence-corrected chi connectivity index (χ2v) is 8.98. The van der Waals surface area contributed by atoms with E-state index in [-0.39, 0.29) is 0 Å². The first-order valence-electron chi connectivity index (χ1n) is 11.9. The van der Waals surface area contributed by atoms with Gasteiger partial charge in [-0.15, -0.1) is 0 Å². The third-order valence-electron chi connectivity index (χ3n) is 6.46. The van der Waals surface area contributed by atoms with Crippen LogP contribution in [-0.2, 0) is 6.42 Å². The van der Waals surface area contributed by atoms with Crippen LogP contribution in [0.15, 0.2) is 48.5 Å². The minimum Gasteiger partial charge on any atom is -0.372 e. The molecule has 5 heteroatoms. The average Bonchev–Trinajstić information content (AvgIpc) is 3.19. The maximum atomic E-state index is 10.0. The van der Waals surface area contributed by atoms with Crippen molar-refractivity contribution >= 4 is 33.9 Å². The Morgan fingerprint density at radius 3 is 2.39 bits per heavy atom. The van der Waals surface area contributed by atoms with Gasteiger partial charge in [0.15, 0.2) is 5.65 Å². The zero-order valence-corrected chi connectivity index (χ0v) is 20.3. The summed E-state index contributed by atoms with van der Waals surface area (Å²) in [4.78, 5) is 7.18. The maximum absolute atomic E-state index is 10.0. The van der Waals surface area contributed by atoms with E-state index in [4.69, 9.17) is 4.98 Å². The van der Waals surface area contributed by atoms with Crippen LogP contribution >= 0.6 is 0 Å². The number of benzene rings is 2. The Bertz CT molecular complexity index is 1300. The normalized spacial score (nSPS) is 11.3. The van der Waals surface area contributed by atoms with Crippen LogP contribution in [0, 0.1) is 24.2 Å². The highest BCUT2D eigenvalue weighted by molar-refractivity contribution is 5.87. The molecule has 4 aromatic rings. The number of para-hydroxylation sites is 2. The summed E-state index contributed by atoms with van der Waals surface area (Å²) in [6.45, 7) is 12.9. The number of rotatable bonds is 8. The molecule has 0 radical (unpaired) electrons. The van der Waals surface area contributed by atoms with Crippen LogP contribution in [0.3, 0.4) is 0 Å². The van der Waals surface area contributed by atoms with E-state index in [1.807, 2.05) is 18.2 Å². The molecule has 170 valence electrons. The van der Waals surface area contributed by atoms with Gasteiger partial charge in [0, 0.05) is 24.5 Å². The standard InChI is InChI=1S/C28H33N5/c1-6-32(7-2)22-15-13-21(14-16-22)30-27-23(17-12-19(3)4)20(5)24(18-29)28-31-25-10-8-9-11-26(25)33(27)28/h8-11,13-16,19,30H,6-7,12,17H2,1-5H3. The summed E-state index contributed by atoms with van der Waals surface area (Å²) in [6, 6.07) is 19.2. The molecule has 2 aromatic carbocycles. The highest BCUT2D eigenvalue weighted by atomic mass is 15.1. The molecule has 0 aliphatic carbocycles. The van der Waals surface area contributed by atoms with Gasteiger partial charge in [-0.25, -0.2) is 4.98 Å². The molecule has 0 spiro atoms. The summed E-state index contributed by atoms with van der Waals surface area (Å²) in [6.07, 6.45) is 1.96. The van der Waals surface area contributed by atoms with Crippen LogP contribution in [0.4, 0.5) is 17.2 Å². The van der Waals surface area contributed by atoms with E-state index in [0.717, 1.165) is 54.0 Å². The quantitative estimate of drug-likeness (QED) is 0.326. The second-order valence-electron chi connectivity index (χ2n) is 8.98. The fourth-order valence-corrected chi connectivity index (χ4v) is 4.54. The largest absolute Gasteiger partial charge is 0.372 e. The van der Waals surface area contributed by atoms with Crippen molar-refractivity contribution in [3.05, 3.63) is 65.2 Å². The van der Waals surface area contributed by atoms with E-state index < -0.39 is 0 Å². The number of fused-ring (bicyclic) bond motifs is 3. The summed E-state index contributed by atoms with van der Waals surface area (Å²) in [5.41, 5.74) is 7.73. The Balaban J connectivity index is 1.91. The smallest absolute Gasteiger partial charge is 0.157 e. The van der Waals surface area contributed by atoms with Gasteiger partial charge < -0.3 is 10.2 Å². The molecule has 0 unspecified atom stereocenters. The topological polar surface area (TPSA) is 56.4 Å². The number of aromatic nitrogens is 2. The molecule has 2 aromatic heterocycles. The lowest BCUT2D eigenvalue weighted by Gasteiger charge is -2.22. The van der Waals surface area contributed by atoms with Crippen molar-refractivity contribution < 1.29 is 0 Å². The van der Waals surface area contributed by atoms with Crippen LogP contribution in [0.25, 0.3) is 16.7 Å². The number of nitriles is 1. The van der Waals surface area contributed by atoms with Crippen LogP contribution in [-0.4, -0.2) is 22.5 Å². The summed E-state index contributed by atoms with van der Waals surface area (Å²) >= 11 is 0. The van der Waals surface area contributed by atoms with Crippen LogP contribution < -0.4 is 10.2 Å². The molecule has 0 aliphatic heterocycles. The Morgan fingerprint density at radius 1 is 1.06 bits per heavy atom. The van der Waals surface area contributed by atoms with Crippen molar-refractivity contribution in [3.8, 4) is 6.07 Å². The summed E-state index contributed by atoms with van der Waals surface area (Å²) < 4.78 is 2.13. The van der Waals surface area contributed by atoms with Gasteiger partial charge in [-0.3, -0.25) is 4.40 Å². The zero-order valence-electron chi connectivity index (χ0n) is 20.3. The monoisotopic (exact) mass is 439 g/mol. The molecule has 0 saturated heterocycles. The first kappa shape index (κ1) is 22.7. The number of imidazole rings is 1. The maximum Gasteiger partial charge on any atom is 0.157 e. The van der Waals surface area contributed by atoms with Gasteiger partial charge >= 0.3 is 0 Å². The number of nitrogens with zero attached hydrogens (tertiary/aromatic N) is 4. The van der Waals surface area contributed by atoms with Crippen LogP contribution in [0.1, 0.15) is 50.8 Å². The van der Waals surface area contributed by atoms with Crippen LogP contribution in [0.5, 0.6) is 0 Å². The minimum absolute atomic E-state index is 0.575. The Kier molecular flexibility index (Phi) is 6.55. The van der Waals surface area contributed by atoms with E-state index in [1.54, 1.807) is 0 Å². The molecule has 0 amide bonds. The fraction of sp³-hybridized carbons (Fsp3) is 0.357. The molecule has 0 saturated carbocycles. The highest BCUT2D eigenvalue weighted by Crippen LogP contribution is 2.34. The molecule has 5 nitrogen and oxygen atoms in total. The summed E-state index contributed by atoms with van der Waals surface area (Å²) in [7, 11) is 0. The van der Waals surface area contributed by atoms with Gasteiger partial charge in [0.2, 0.25) is 0 Å². The van der Waals surface area contributed by atoms with Crippen molar-refractivity contribution in [2.45, 2.75) is 47.5 Å². The molecule has 1 N–H and O–H groups in total. The Hall–Kier alpha value is -3.52. The van der Waals surface area contributed by atoms with Gasteiger partial charge in [0.1, 0.15) is 11.9 Å². The Morgan fingerprint density at radius 2 is 1.76 bits per heavy atom. The molecule has 2 heterocycles. The molecule has 33 heavy (non-hydrogen) atoms. The molecule has 4 rings (SSSR count). The number of pyridine rings is 1. The number of nitrogens with one attached hydrogen (secondary N) is 1. The molecular formula is C28H33N5. The van der Waals surface area contributed by atoms with Crippen molar-refractivity contribution in [2.75, 3.05) is 23.3 Å². The van der Waals surface area contributed by atoms with E-state index in [9.17, 15) is 5.26 Å². The highest BCUT2D eigenvalue weighted by Gasteiger charge is 2.21. The molecule has 0 aliphatic rings. The SMILES string of the molecule is CCN(CC)c1ccc(Nc2c(CCC(C)C)c(C)c(C#N)c3nc4ccccc4n23)cc1. The van der Waals surface area contributed by atoms with Crippen molar-refractivity contribution in [1.82, 2.24) is 9.38 Å². The van der Waals surface area contributed by atoms with Crippen molar-refractivity contribution in [2.24, 2.45) is 5.92 Å². The second kappa shape index (κ2) is 9.54. The van der Waals surface area contributed by atoms with Gasteiger partial charge in [-0.05, 0) is 87.1 Å². The predicted molar refractivity (Wildman–Crippen MR) is 139 cm³/mol. The average molecular weight is 440 g/mol. The lowest BCUT2D eigenvalue weighted by Crippen LogP contribution is -2.21. The van der Waals surface area contributed by atoms with Crippen LogP contribution in [0.2, 0.25) is 0 Å². The number of anilines is 3. The van der Waals surface area contributed by atoms with Gasteiger partial charge in [-0.2, -0.15) is 5.26 Å². The third-order valence-corrected chi connectivity index (χ3v) is 6.46. The first-order chi connectivity index (χ1) is 16.0. The number of hydrogen-bond donors (Lipinski definition) is 1. The van der Waals surface area contributed by atoms with Crippen molar-refractivity contribution in [1.29, 1.82) is 5.26 Å². The van der Waals surface area contributed by atoms with E-state index in [1.165, 1.54) is 11.3 Å². The third kappa shape index (κ3) is 4.26. The molecule has 0 bridgehead atoms. The van der Waals surface area contributed by atoms with E-state index in [0.29, 0.717) is 17.1 Å². The first-order valence-corrected chi connectivity index (χ1v) is 11.9. The van der Waals surface area contributed by atoms with Gasteiger partial charge in [0.05, 0.1) is 16.6 Å². The minimum atomic E-state index is 0.575. The molecule has 0 atom stereocenters. The Labute approximate surface area is 196 Å². The number of hydrogen-bond acceptors (Lipinski definition) is 4. The zero-order chi connectivity index (χ0) is 23.5. The van der Waals surface area contributed by atoms with Crippen molar-refractivity contribution in [3.63, 3.8) is 0 Å². The summed E-state index contributed by atoms with van der Waals surface area (Å²) in [5.74, 6) is 1.58. The molecule has 0 fully saturated rings. The van der Waals surface area contributed by atoms with Gasteiger partial charge in [-0.1, -0.05) is 26.0 Å². The molecular weight excluding hydrogens is 406 g/mol. The fourth-order valence-electron chi connectivity index (χ4n) is 4.54.